The van der Waals surface area contributed by atoms with Gasteiger partial charge in [0.05, 0.1) is 0 Å². The normalized spacial score (nSPS) is 5.20. The summed E-state index contributed by atoms with van der Waals surface area (Å²) in [5.74, 6) is 0. The molecule has 0 aromatic heterocycles. The molecular weight excluding hydrogens is 363 g/mol. The molecule has 0 aliphatic carbocycles. The molecule has 10 nitrogen and oxygen atoms in total. The molecule has 0 atom stereocenters. The zero-order valence-electron chi connectivity index (χ0n) is 6.27. The Kier molecular flexibility index (Phi) is 70.6. The maximum absolute atomic E-state index is 8.48. The van der Waals surface area contributed by atoms with E-state index in [9.17, 15) is 0 Å². The van der Waals surface area contributed by atoms with Crippen LogP contribution in [0.5, 0.6) is 0 Å². The Labute approximate surface area is 107 Å². The van der Waals surface area contributed by atoms with E-state index in [0.717, 1.165) is 0 Å². The smallest absolute Gasteiger partial charge is 0.598 e. The average Bonchev–Trinajstić information content (AvgIpc) is 1.54. The summed E-state index contributed by atoms with van der Waals surface area (Å²) in [5, 5.41) is 0. The standard InChI is InChI=1S/2Mn.3HO3P.H2O/c;;3*1-4(2)3;/h;;3*(H,1,2,3);1H2/q2*+3;;;;/p-3. The zero-order chi connectivity index (χ0) is 10.7. The minimum absolute atomic E-state index is 0. The Morgan fingerprint density at radius 3 is 0.533 bits per heavy atom. The second kappa shape index (κ2) is 29.4. The minimum atomic E-state index is -3.37. The molecular formula is H2Mn2O10P3+3. The first-order chi connectivity index (χ1) is 5.20. The van der Waals surface area contributed by atoms with Crippen LogP contribution in [0.2, 0.25) is 0 Å². The van der Waals surface area contributed by atoms with Gasteiger partial charge < -0.3 is 34.8 Å². The van der Waals surface area contributed by atoms with E-state index in [0.29, 0.717) is 0 Å². The van der Waals surface area contributed by atoms with E-state index >= 15 is 0 Å². The van der Waals surface area contributed by atoms with Gasteiger partial charge in [0.25, 0.3) is 24.8 Å². The van der Waals surface area contributed by atoms with Gasteiger partial charge in [0, 0.05) is 0 Å². The van der Waals surface area contributed by atoms with Crippen molar-refractivity contribution in [3.63, 3.8) is 0 Å². The largest absolute Gasteiger partial charge is 3.00 e. The van der Waals surface area contributed by atoms with E-state index in [1.165, 1.54) is 0 Å². The summed E-state index contributed by atoms with van der Waals surface area (Å²) in [6, 6.07) is 0. The van der Waals surface area contributed by atoms with E-state index in [1.807, 2.05) is 0 Å². The van der Waals surface area contributed by atoms with Gasteiger partial charge in [-0.25, -0.2) is 0 Å². The van der Waals surface area contributed by atoms with Gasteiger partial charge in [-0.1, -0.05) is 13.7 Å². The third-order valence-electron chi connectivity index (χ3n) is 0. The molecule has 0 saturated heterocycles. The SMILES string of the molecule is O.O=[P+]([O-])[O-].O=[P+]([O-])[O-].O=[P+]([O-])[O-].[Mn+3].[Mn+3]. The molecule has 0 aliphatic heterocycles. The molecule has 88 valence electrons. The molecule has 0 aromatic rings. The van der Waals surface area contributed by atoms with Crippen LogP contribution in [-0.2, 0) is 47.8 Å². The molecule has 0 bridgehead atoms. The number of rotatable bonds is 0. The molecule has 0 fully saturated rings. The summed E-state index contributed by atoms with van der Waals surface area (Å²) in [6.07, 6.45) is 0. The van der Waals surface area contributed by atoms with Crippen LogP contribution < -0.4 is 29.4 Å². The molecule has 0 saturated carbocycles. The Morgan fingerprint density at radius 1 is 0.533 bits per heavy atom. The first kappa shape index (κ1) is 36.0. The predicted molar refractivity (Wildman–Crippen MR) is 26.4 cm³/mol. The quantitative estimate of drug-likeness (QED) is 0.294. The summed E-state index contributed by atoms with van der Waals surface area (Å²) in [4.78, 5) is 50.9. The third kappa shape index (κ3) is 2290. The van der Waals surface area contributed by atoms with Crippen molar-refractivity contribution < 1.29 is 82.7 Å². The summed E-state index contributed by atoms with van der Waals surface area (Å²) < 4.78 is 25.4. The fourth-order valence-corrected chi connectivity index (χ4v) is 0. The molecule has 0 spiro atoms. The van der Waals surface area contributed by atoms with E-state index in [-0.39, 0.29) is 39.6 Å². The minimum Gasteiger partial charge on any atom is -0.598 e. The van der Waals surface area contributed by atoms with Crippen molar-refractivity contribution in [2.24, 2.45) is 0 Å². The van der Waals surface area contributed by atoms with Crippen molar-refractivity contribution in [1.29, 1.82) is 0 Å². The van der Waals surface area contributed by atoms with Crippen molar-refractivity contribution in [3.8, 4) is 0 Å². The molecule has 0 radical (unpaired) electrons. The molecule has 0 aromatic carbocycles. The van der Waals surface area contributed by atoms with Gasteiger partial charge in [-0.3, -0.25) is 0 Å². The predicted octanol–water partition coefficient (Wildman–Crippen LogP) is -5.74. The third-order valence-corrected chi connectivity index (χ3v) is 0. The molecule has 0 amide bonds. The maximum Gasteiger partial charge on any atom is 3.00 e. The second-order valence-corrected chi connectivity index (χ2v) is 2.01. The fraction of sp³-hybridized carbons (Fsp3) is 0. The van der Waals surface area contributed by atoms with Crippen molar-refractivity contribution in [1.82, 2.24) is 0 Å². The number of hydrogen-bond acceptors (Lipinski definition) is 9. The summed E-state index contributed by atoms with van der Waals surface area (Å²) in [7, 11) is -10.1. The van der Waals surface area contributed by atoms with Crippen molar-refractivity contribution >= 4 is 24.8 Å². The fourth-order valence-electron chi connectivity index (χ4n) is 0. The van der Waals surface area contributed by atoms with Crippen LogP contribution in [0.15, 0.2) is 0 Å². The Morgan fingerprint density at radius 2 is 0.533 bits per heavy atom. The zero-order valence-corrected chi connectivity index (χ0v) is 11.3. The van der Waals surface area contributed by atoms with Gasteiger partial charge in [0.15, 0.2) is 0 Å². The van der Waals surface area contributed by atoms with Crippen molar-refractivity contribution in [2.45, 2.75) is 0 Å². The van der Waals surface area contributed by atoms with Crippen molar-refractivity contribution in [2.75, 3.05) is 0 Å². The van der Waals surface area contributed by atoms with Crippen LogP contribution in [0.3, 0.4) is 0 Å². The van der Waals surface area contributed by atoms with Gasteiger partial charge >= 0.3 is 34.1 Å². The number of hydrogen-bond donors (Lipinski definition) is 0. The average molecular weight is 365 g/mol. The molecule has 2 N–H and O–H groups in total. The van der Waals surface area contributed by atoms with Gasteiger partial charge in [-0.15, -0.1) is 0 Å². The van der Waals surface area contributed by atoms with Gasteiger partial charge in [0.2, 0.25) is 0 Å². The Bertz CT molecular complexity index is 116. The maximum atomic E-state index is 8.48. The van der Waals surface area contributed by atoms with Gasteiger partial charge in [-0.05, 0) is 0 Å². The molecule has 0 unspecified atom stereocenters. The van der Waals surface area contributed by atoms with Crippen LogP contribution in [0.4, 0.5) is 0 Å². The van der Waals surface area contributed by atoms with E-state index in [2.05, 4.69) is 0 Å². The van der Waals surface area contributed by atoms with Crippen molar-refractivity contribution in [3.05, 3.63) is 0 Å². The van der Waals surface area contributed by atoms with E-state index in [4.69, 9.17) is 43.1 Å². The van der Waals surface area contributed by atoms with Crippen LogP contribution in [0.1, 0.15) is 0 Å². The summed E-state index contributed by atoms with van der Waals surface area (Å²) in [6.45, 7) is 0. The second-order valence-electron chi connectivity index (χ2n) is 0.671. The monoisotopic (exact) mass is 365 g/mol. The topological polar surface area (TPSA) is 221 Å². The van der Waals surface area contributed by atoms with Gasteiger partial charge in [0.1, 0.15) is 0 Å². The van der Waals surface area contributed by atoms with Crippen LogP contribution in [0.25, 0.3) is 0 Å². The van der Waals surface area contributed by atoms with Crippen LogP contribution in [-0.4, -0.2) is 5.48 Å². The van der Waals surface area contributed by atoms with E-state index < -0.39 is 24.8 Å². The Balaban J connectivity index is -0.0000000184. The van der Waals surface area contributed by atoms with Crippen LogP contribution >= 0.6 is 24.8 Å². The molecule has 15 heavy (non-hydrogen) atoms. The molecule has 0 heterocycles. The van der Waals surface area contributed by atoms with Crippen LogP contribution in [0, 0.1) is 0 Å². The first-order valence-corrected chi connectivity index (χ1v) is 4.93. The summed E-state index contributed by atoms with van der Waals surface area (Å²) in [5.41, 5.74) is 0. The Hall–Kier alpha value is 1.06. The van der Waals surface area contributed by atoms with Gasteiger partial charge in [-0.2, -0.15) is 0 Å². The molecule has 0 aliphatic rings. The van der Waals surface area contributed by atoms with E-state index in [1.54, 1.807) is 0 Å². The first-order valence-electron chi connectivity index (χ1n) is 1.64. The summed E-state index contributed by atoms with van der Waals surface area (Å²) >= 11 is 0. The molecule has 15 heteroatoms. The molecule has 0 rings (SSSR count).